The first-order valence-corrected chi connectivity index (χ1v) is 8.24. The summed E-state index contributed by atoms with van der Waals surface area (Å²) in [4.78, 5) is 2.47. The molecule has 0 aliphatic carbocycles. The number of aromatic nitrogens is 2. The normalized spacial score (nSPS) is 18.6. The van der Waals surface area contributed by atoms with E-state index in [-0.39, 0.29) is 0 Å². The van der Waals surface area contributed by atoms with Gasteiger partial charge in [0.1, 0.15) is 4.90 Å². The van der Waals surface area contributed by atoms with Crippen LogP contribution in [0.15, 0.2) is 4.90 Å². The maximum Gasteiger partial charge on any atom is 0.246 e. The Morgan fingerprint density at radius 1 is 1.20 bits per heavy atom. The molecule has 0 amide bonds. The number of likely N-dealkylation sites (N-methyl/N-ethyl adjacent to an activating group) is 1. The van der Waals surface area contributed by atoms with Crippen LogP contribution < -0.4 is 5.73 Å². The molecule has 20 heavy (non-hydrogen) atoms. The molecule has 114 valence electrons. The molecule has 0 saturated carbocycles. The monoisotopic (exact) mass is 301 g/mol. The summed E-state index contributed by atoms with van der Waals surface area (Å²) >= 11 is 0. The molecule has 1 aliphatic rings. The Labute approximate surface area is 120 Å². The van der Waals surface area contributed by atoms with Crippen molar-refractivity contribution in [2.75, 3.05) is 39.8 Å². The third-order valence-corrected chi connectivity index (χ3v) is 5.87. The van der Waals surface area contributed by atoms with Crippen LogP contribution in [0, 0.1) is 13.8 Å². The number of nitrogens with zero attached hydrogens (tertiary/aromatic N) is 4. The Hall–Kier alpha value is -0.960. The molecule has 0 aromatic carbocycles. The van der Waals surface area contributed by atoms with Gasteiger partial charge in [-0.3, -0.25) is 4.68 Å². The van der Waals surface area contributed by atoms with Crippen molar-refractivity contribution in [2.24, 2.45) is 5.73 Å². The third kappa shape index (κ3) is 2.73. The Morgan fingerprint density at radius 2 is 1.80 bits per heavy atom. The van der Waals surface area contributed by atoms with Crippen LogP contribution in [0.1, 0.15) is 11.4 Å². The van der Waals surface area contributed by atoms with Crippen molar-refractivity contribution >= 4 is 10.0 Å². The molecule has 1 aromatic rings. The minimum Gasteiger partial charge on any atom is -0.329 e. The lowest BCUT2D eigenvalue weighted by Gasteiger charge is -2.31. The van der Waals surface area contributed by atoms with E-state index in [0.29, 0.717) is 42.5 Å². The first kappa shape index (κ1) is 15.4. The molecule has 1 aromatic heterocycles. The highest BCUT2D eigenvalue weighted by Gasteiger charge is 2.32. The molecule has 0 atom stereocenters. The van der Waals surface area contributed by atoms with Crippen molar-refractivity contribution in [3.8, 4) is 0 Å². The van der Waals surface area contributed by atoms with Crippen LogP contribution in [-0.4, -0.2) is 67.2 Å². The van der Waals surface area contributed by atoms with Crippen molar-refractivity contribution in [3.63, 3.8) is 0 Å². The SMILES string of the molecule is Cc1nn(CCN)c(C)c1S(=O)(=O)N1CCN(C)CC1. The molecule has 0 radical (unpaired) electrons. The lowest BCUT2D eigenvalue weighted by atomic mass is 10.4. The number of nitrogens with two attached hydrogens (primary N) is 1. The largest absolute Gasteiger partial charge is 0.329 e. The smallest absolute Gasteiger partial charge is 0.246 e. The molecule has 7 nitrogen and oxygen atoms in total. The lowest BCUT2D eigenvalue weighted by Crippen LogP contribution is -2.47. The molecule has 1 fully saturated rings. The number of piperazine rings is 1. The van der Waals surface area contributed by atoms with E-state index in [1.165, 1.54) is 0 Å². The van der Waals surface area contributed by atoms with Gasteiger partial charge < -0.3 is 10.6 Å². The zero-order valence-electron chi connectivity index (χ0n) is 12.3. The van der Waals surface area contributed by atoms with E-state index in [0.717, 1.165) is 13.1 Å². The molecule has 0 unspecified atom stereocenters. The molecule has 0 spiro atoms. The summed E-state index contributed by atoms with van der Waals surface area (Å²) in [5.41, 5.74) is 6.75. The third-order valence-electron chi connectivity index (χ3n) is 3.72. The van der Waals surface area contributed by atoms with Gasteiger partial charge in [-0.25, -0.2) is 8.42 Å². The molecule has 8 heteroatoms. The van der Waals surface area contributed by atoms with E-state index in [9.17, 15) is 8.42 Å². The first-order valence-electron chi connectivity index (χ1n) is 6.80. The maximum absolute atomic E-state index is 12.8. The Bertz CT molecular complexity index is 573. The second-order valence-electron chi connectivity index (χ2n) is 5.22. The van der Waals surface area contributed by atoms with E-state index in [2.05, 4.69) is 10.00 Å². The van der Waals surface area contributed by atoms with Crippen molar-refractivity contribution in [2.45, 2.75) is 25.3 Å². The number of rotatable bonds is 4. The van der Waals surface area contributed by atoms with E-state index < -0.39 is 10.0 Å². The molecule has 2 heterocycles. The fraction of sp³-hybridized carbons (Fsp3) is 0.750. The summed E-state index contributed by atoms with van der Waals surface area (Å²) in [6, 6.07) is 0. The molecule has 2 rings (SSSR count). The molecule has 1 aliphatic heterocycles. The van der Waals surface area contributed by atoms with Crippen LogP contribution in [0.4, 0.5) is 0 Å². The van der Waals surface area contributed by atoms with Gasteiger partial charge in [-0.15, -0.1) is 0 Å². The number of aryl methyl sites for hydroxylation is 1. The van der Waals surface area contributed by atoms with Crippen molar-refractivity contribution in [3.05, 3.63) is 11.4 Å². The fourth-order valence-corrected chi connectivity index (χ4v) is 4.35. The van der Waals surface area contributed by atoms with Gasteiger partial charge in [0.2, 0.25) is 10.0 Å². The van der Waals surface area contributed by atoms with Gasteiger partial charge in [-0.05, 0) is 20.9 Å². The van der Waals surface area contributed by atoms with Gasteiger partial charge in [0.15, 0.2) is 0 Å². The van der Waals surface area contributed by atoms with Crippen molar-refractivity contribution < 1.29 is 8.42 Å². The highest BCUT2D eigenvalue weighted by molar-refractivity contribution is 7.89. The topological polar surface area (TPSA) is 84.5 Å². The maximum atomic E-state index is 12.8. The number of hydrogen-bond acceptors (Lipinski definition) is 5. The van der Waals surface area contributed by atoms with Crippen LogP contribution in [0.3, 0.4) is 0 Å². The zero-order chi connectivity index (χ0) is 14.9. The highest BCUT2D eigenvalue weighted by Crippen LogP contribution is 2.24. The Kier molecular flexibility index (Phi) is 4.48. The second kappa shape index (κ2) is 5.80. The summed E-state index contributed by atoms with van der Waals surface area (Å²) < 4.78 is 28.8. The minimum atomic E-state index is -3.46. The van der Waals surface area contributed by atoms with Gasteiger partial charge in [-0.2, -0.15) is 9.40 Å². The average Bonchev–Trinajstić information content (AvgIpc) is 2.66. The highest BCUT2D eigenvalue weighted by atomic mass is 32.2. The first-order chi connectivity index (χ1) is 9.37. The summed E-state index contributed by atoms with van der Waals surface area (Å²) in [5, 5.41) is 4.30. The van der Waals surface area contributed by atoms with E-state index in [1.807, 2.05) is 7.05 Å². The van der Waals surface area contributed by atoms with Crippen LogP contribution in [0.2, 0.25) is 0 Å². The number of sulfonamides is 1. The van der Waals surface area contributed by atoms with Gasteiger partial charge in [-0.1, -0.05) is 0 Å². The van der Waals surface area contributed by atoms with Gasteiger partial charge in [0.25, 0.3) is 0 Å². The quantitative estimate of drug-likeness (QED) is 0.802. The summed E-state index contributed by atoms with van der Waals surface area (Å²) in [6.07, 6.45) is 0. The van der Waals surface area contributed by atoms with Crippen LogP contribution in [-0.2, 0) is 16.6 Å². The molecule has 2 N–H and O–H groups in total. The van der Waals surface area contributed by atoms with Crippen LogP contribution in [0.5, 0.6) is 0 Å². The fourth-order valence-electron chi connectivity index (χ4n) is 2.55. The molecule has 1 saturated heterocycles. The van der Waals surface area contributed by atoms with E-state index in [4.69, 9.17) is 5.73 Å². The van der Waals surface area contributed by atoms with Crippen LogP contribution in [0.25, 0.3) is 0 Å². The van der Waals surface area contributed by atoms with E-state index >= 15 is 0 Å². The van der Waals surface area contributed by atoms with Crippen molar-refractivity contribution in [1.82, 2.24) is 19.0 Å². The Balaban J connectivity index is 2.34. The molecular formula is C12H23N5O2S. The van der Waals surface area contributed by atoms with Crippen LogP contribution >= 0.6 is 0 Å². The minimum absolute atomic E-state index is 0.343. The zero-order valence-corrected chi connectivity index (χ0v) is 13.2. The van der Waals surface area contributed by atoms with Gasteiger partial charge >= 0.3 is 0 Å². The standard InChI is InChI=1S/C12H23N5O2S/c1-10-12(11(2)17(14-10)5-4-13)20(18,19)16-8-6-15(3)7-9-16/h4-9,13H2,1-3H3. The lowest BCUT2D eigenvalue weighted by molar-refractivity contribution is 0.222. The van der Waals surface area contributed by atoms with Crippen molar-refractivity contribution in [1.29, 1.82) is 0 Å². The second-order valence-corrected chi connectivity index (χ2v) is 7.09. The van der Waals surface area contributed by atoms with Gasteiger partial charge in [0.05, 0.1) is 17.9 Å². The predicted octanol–water partition coefficient (Wildman–Crippen LogP) is -0.605. The van der Waals surface area contributed by atoms with Gasteiger partial charge in [0, 0.05) is 32.7 Å². The number of hydrogen-bond donors (Lipinski definition) is 1. The average molecular weight is 301 g/mol. The van der Waals surface area contributed by atoms with E-state index in [1.54, 1.807) is 22.8 Å². The summed E-state index contributed by atoms with van der Waals surface area (Å²) in [7, 11) is -1.46. The summed E-state index contributed by atoms with van der Waals surface area (Å²) in [5.74, 6) is 0. The summed E-state index contributed by atoms with van der Waals surface area (Å²) in [6.45, 7) is 7.07. The molecule has 0 bridgehead atoms. The molecular weight excluding hydrogens is 278 g/mol. The predicted molar refractivity (Wildman–Crippen MR) is 77.0 cm³/mol. The Morgan fingerprint density at radius 3 is 2.35 bits per heavy atom.